The Morgan fingerprint density at radius 1 is 1.19 bits per heavy atom. The molecule has 1 aromatic carbocycles. The number of hydrogen-bond donors (Lipinski definition) is 1. The van der Waals surface area contributed by atoms with Gasteiger partial charge in [-0.2, -0.15) is 0 Å². The van der Waals surface area contributed by atoms with Gasteiger partial charge in [-0.25, -0.2) is 23.1 Å². The summed E-state index contributed by atoms with van der Waals surface area (Å²) in [4.78, 5) is 11.3. The number of aromatic nitrogens is 2. The normalized spacial score (nSPS) is 15.0. The molecule has 1 fully saturated rings. The summed E-state index contributed by atoms with van der Waals surface area (Å²) in [6, 6.07) is 6.14. The summed E-state index contributed by atoms with van der Waals surface area (Å²) in [5, 5.41) is 0.241. The quantitative estimate of drug-likeness (QED) is 0.788. The highest BCUT2D eigenvalue weighted by atomic mass is 35.5. The molecule has 7 nitrogen and oxygen atoms in total. The Hall–Kier alpha value is -1.90. The molecule has 1 N–H and O–H groups in total. The number of methoxy groups -OCH3 is 1. The van der Waals surface area contributed by atoms with Crippen molar-refractivity contribution in [2.24, 2.45) is 0 Å². The summed E-state index contributed by atoms with van der Waals surface area (Å²) in [5.74, 6) is 1.09. The molecule has 0 aliphatic carbocycles. The number of sulfonamides is 1. The summed E-state index contributed by atoms with van der Waals surface area (Å²) in [6.07, 6.45) is 3.47. The minimum Gasteiger partial charge on any atom is -0.495 e. The molecule has 9 heteroatoms. The van der Waals surface area contributed by atoms with E-state index in [1.54, 1.807) is 6.07 Å². The maximum atomic E-state index is 12.6. The number of benzene rings is 1. The first-order valence-corrected chi connectivity index (χ1v) is 10.7. The predicted molar refractivity (Wildman–Crippen MR) is 105 cm³/mol. The van der Waals surface area contributed by atoms with Gasteiger partial charge >= 0.3 is 0 Å². The molecule has 27 heavy (non-hydrogen) atoms. The van der Waals surface area contributed by atoms with Gasteiger partial charge in [0.1, 0.15) is 5.75 Å². The molecular weight excluding hydrogens is 388 g/mol. The highest BCUT2D eigenvalue weighted by Gasteiger charge is 2.18. The zero-order chi connectivity index (χ0) is 19.4. The zero-order valence-electron chi connectivity index (χ0n) is 15.4. The third kappa shape index (κ3) is 4.88. The van der Waals surface area contributed by atoms with Crippen LogP contribution >= 0.6 is 11.6 Å². The molecule has 3 rings (SSSR count). The lowest BCUT2D eigenvalue weighted by Gasteiger charge is -2.27. The van der Waals surface area contributed by atoms with Crippen LogP contribution < -0.4 is 14.4 Å². The van der Waals surface area contributed by atoms with Crippen LogP contribution in [0, 0.1) is 6.92 Å². The topological polar surface area (TPSA) is 84.4 Å². The zero-order valence-corrected chi connectivity index (χ0v) is 17.0. The van der Waals surface area contributed by atoms with Gasteiger partial charge in [0.25, 0.3) is 0 Å². The van der Waals surface area contributed by atoms with Crippen LogP contribution in [0.15, 0.2) is 29.2 Å². The molecule has 0 unspecified atom stereocenters. The summed E-state index contributed by atoms with van der Waals surface area (Å²) in [7, 11) is -2.24. The molecule has 0 atom stereocenters. The molecule has 146 valence electrons. The van der Waals surface area contributed by atoms with Gasteiger partial charge in [-0.3, -0.25) is 0 Å². The molecule has 0 bridgehead atoms. The van der Waals surface area contributed by atoms with Crippen LogP contribution in [0.2, 0.25) is 5.02 Å². The second-order valence-electron chi connectivity index (χ2n) is 6.47. The summed E-state index contributed by atoms with van der Waals surface area (Å²) in [6.45, 7) is 3.82. The van der Waals surface area contributed by atoms with Crippen molar-refractivity contribution in [2.45, 2.75) is 37.6 Å². The van der Waals surface area contributed by atoms with Crippen LogP contribution in [-0.2, 0) is 16.6 Å². The first-order valence-electron chi connectivity index (χ1n) is 8.82. The molecule has 0 radical (unpaired) electrons. The molecule has 0 saturated carbocycles. The molecule has 1 aromatic heterocycles. The number of piperidine rings is 1. The Kier molecular flexibility index (Phi) is 6.18. The molecule has 0 spiro atoms. The summed E-state index contributed by atoms with van der Waals surface area (Å²) >= 11 is 6.04. The van der Waals surface area contributed by atoms with E-state index in [1.165, 1.54) is 31.7 Å². The largest absolute Gasteiger partial charge is 0.495 e. The third-order valence-electron chi connectivity index (χ3n) is 4.41. The van der Waals surface area contributed by atoms with Crippen molar-refractivity contribution < 1.29 is 13.2 Å². The van der Waals surface area contributed by atoms with Gasteiger partial charge in [0, 0.05) is 18.8 Å². The lowest BCUT2D eigenvalue weighted by atomic mass is 10.1. The number of halogens is 1. The van der Waals surface area contributed by atoms with E-state index in [4.69, 9.17) is 16.3 Å². The van der Waals surface area contributed by atoms with Gasteiger partial charge in [0.05, 0.1) is 29.3 Å². The molecule has 2 aromatic rings. The van der Waals surface area contributed by atoms with E-state index in [1.807, 2.05) is 6.92 Å². The van der Waals surface area contributed by atoms with Crippen molar-refractivity contribution >= 4 is 27.6 Å². The van der Waals surface area contributed by atoms with Crippen molar-refractivity contribution in [2.75, 3.05) is 25.1 Å². The van der Waals surface area contributed by atoms with E-state index >= 15 is 0 Å². The van der Waals surface area contributed by atoms with Gasteiger partial charge in [0.2, 0.25) is 16.0 Å². The van der Waals surface area contributed by atoms with E-state index < -0.39 is 10.0 Å². The number of hydrogen-bond acceptors (Lipinski definition) is 6. The lowest BCUT2D eigenvalue weighted by Crippen LogP contribution is -2.32. The van der Waals surface area contributed by atoms with Crippen LogP contribution in [-0.4, -0.2) is 38.6 Å². The number of nitrogens with one attached hydrogen (secondary N) is 1. The number of rotatable bonds is 6. The summed E-state index contributed by atoms with van der Waals surface area (Å²) in [5.41, 5.74) is 1.44. The van der Waals surface area contributed by atoms with Crippen LogP contribution in [0.25, 0.3) is 0 Å². The number of nitrogens with zero attached hydrogens (tertiary/aromatic N) is 3. The number of ether oxygens (including phenoxy) is 1. The molecular formula is C18H23ClN4O3S. The summed E-state index contributed by atoms with van der Waals surface area (Å²) < 4.78 is 32.8. The predicted octanol–water partition coefficient (Wildman–Crippen LogP) is 2.92. The van der Waals surface area contributed by atoms with Crippen molar-refractivity contribution in [1.82, 2.24) is 14.7 Å². The van der Waals surface area contributed by atoms with Crippen molar-refractivity contribution in [3.63, 3.8) is 0 Å². The average Bonchev–Trinajstić information content (AvgIpc) is 2.67. The van der Waals surface area contributed by atoms with E-state index in [9.17, 15) is 8.42 Å². The first-order chi connectivity index (χ1) is 12.9. The fourth-order valence-electron chi connectivity index (χ4n) is 3.01. The third-order valence-corrected chi connectivity index (χ3v) is 6.11. The lowest BCUT2D eigenvalue weighted by molar-refractivity contribution is 0.414. The van der Waals surface area contributed by atoms with Crippen LogP contribution in [0.5, 0.6) is 5.75 Å². The van der Waals surface area contributed by atoms with Gasteiger partial charge in [-0.1, -0.05) is 11.6 Å². The van der Waals surface area contributed by atoms with E-state index in [0.29, 0.717) is 17.4 Å². The maximum Gasteiger partial charge on any atom is 0.240 e. The van der Waals surface area contributed by atoms with Crippen molar-refractivity contribution in [3.8, 4) is 5.75 Å². The van der Waals surface area contributed by atoms with Gasteiger partial charge in [-0.05, 0) is 50.5 Å². The smallest absolute Gasteiger partial charge is 0.240 e. The van der Waals surface area contributed by atoms with Crippen LogP contribution in [0.4, 0.5) is 5.95 Å². The fourth-order valence-corrected chi connectivity index (χ4v) is 4.36. The number of anilines is 1. The number of aryl methyl sites for hydroxylation is 1. The molecule has 1 saturated heterocycles. The highest BCUT2D eigenvalue weighted by molar-refractivity contribution is 7.89. The molecule has 1 aliphatic rings. The Morgan fingerprint density at radius 3 is 2.59 bits per heavy atom. The second kappa shape index (κ2) is 8.41. The van der Waals surface area contributed by atoms with Crippen LogP contribution in [0.3, 0.4) is 0 Å². The highest BCUT2D eigenvalue weighted by Crippen LogP contribution is 2.27. The van der Waals surface area contributed by atoms with Gasteiger partial charge < -0.3 is 9.64 Å². The molecule has 2 heterocycles. The van der Waals surface area contributed by atoms with Gasteiger partial charge in [-0.15, -0.1) is 0 Å². The first kappa shape index (κ1) is 19.9. The minimum absolute atomic E-state index is 0.0790. The molecule has 1 aliphatic heterocycles. The monoisotopic (exact) mass is 410 g/mol. The SMILES string of the molecule is COc1ccc(S(=O)(=O)NCc2cc(C)nc(N3CCCCC3)n2)cc1Cl. The Balaban J connectivity index is 1.75. The van der Waals surface area contributed by atoms with Crippen LogP contribution in [0.1, 0.15) is 30.7 Å². The second-order valence-corrected chi connectivity index (χ2v) is 8.64. The fraction of sp³-hybridized carbons (Fsp3) is 0.444. The molecule has 0 amide bonds. The van der Waals surface area contributed by atoms with E-state index in [0.717, 1.165) is 31.6 Å². The Morgan fingerprint density at radius 2 is 1.93 bits per heavy atom. The minimum atomic E-state index is -3.72. The van der Waals surface area contributed by atoms with E-state index in [2.05, 4.69) is 19.6 Å². The maximum absolute atomic E-state index is 12.6. The van der Waals surface area contributed by atoms with Gasteiger partial charge in [0.15, 0.2) is 0 Å². The van der Waals surface area contributed by atoms with E-state index in [-0.39, 0.29) is 16.5 Å². The Bertz CT molecular complexity index is 915. The van der Waals surface area contributed by atoms with Crippen molar-refractivity contribution in [1.29, 1.82) is 0 Å². The average molecular weight is 411 g/mol. The standard InChI is InChI=1S/C18H23ClN4O3S/c1-13-10-14(22-18(21-13)23-8-4-3-5-9-23)12-20-27(24,25)15-6-7-17(26-2)16(19)11-15/h6-7,10-11,20H,3-5,8-9,12H2,1-2H3. The Labute approximate surface area is 164 Å². The van der Waals surface area contributed by atoms with Crippen molar-refractivity contribution in [3.05, 3.63) is 40.7 Å².